The van der Waals surface area contributed by atoms with E-state index < -0.39 is 0 Å². The van der Waals surface area contributed by atoms with Crippen molar-refractivity contribution in [1.29, 1.82) is 0 Å². The lowest BCUT2D eigenvalue weighted by atomic mass is 9.94. The van der Waals surface area contributed by atoms with Crippen LogP contribution in [0, 0.1) is 5.92 Å². The molecular formula is C23H27ClN6. The summed E-state index contributed by atoms with van der Waals surface area (Å²) in [5, 5.41) is 9.77. The van der Waals surface area contributed by atoms with E-state index in [4.69, 9.17) is 11.6 Å². The average Bonchev–Trinajstić information content (AvgIpc) is 3.32. The van der Waals surface area contributed by atoms with Crippen LogP contribution in [0.2, 0.25) is 5.02 Å². The maximum atomic E-state index is 6.07. The number of hydrogen-bond acceptors (Lipinski definition) is 5. The van der Waals surface area contributed by atoms with Crippen molar-refractivity contribution in [3.8, 4) is 0 Å². The Labute approximate surface area is 182 Å². The number of aromatic nitrogens is 3. The number of hydrogen-bond donors (Lipinski definition) is 2. The molecule has 6 nitrogen and oxygen atoms in total. The number of rotatable bonds is 5. The Balaban J connectivity index is 1.24. The molecule has 0 bridgehead atoms. The van der Waals surface area contributed by atoms with Gasteiger partial charge in [0.1, 0.15) is 11.6 Å². The maximum absolute atomic E-state index is 6.07. The summed E-state index contributed by atoms with van der Waals surface area (Å²) in [6.07, 6.45) is 1.78. The third kappa shape index (κ3) is 4.27. The van der Waals surface area contributed by atoms with Crippen LogP contribution in [0.5, 0.6) is 0 Å². The van der Waals surface area contributed by atoms with Crippen LogP contribution in [0.25, 0.3) is 0 Å². The van der Waals surface area contributed by atoms with Gasteiger partial charge in [-0.05, 0) is 23.3 Å². The van der Waals surface area contributed by atoms with Gasteiger partial charge >= 0.3 is 0 Å². The molecule has 0 aliphatic carbocycles. The lowest BCUT2D eigenvalue weighted by Crippen LogP contribution is -2.35. The molecule has 0 spiro atoms. The van der Waals surface area contributed by atoms with E-state index in [0.29, 0.717) is 12.0 Å². The molecule has 1 aromatic heterocycles. The molecule has 7 heteroatoms. The number of nitrogens with zero attached hydrogens (tertiary/aromatic N) is 4. The molecule has 0 radical (unpaired) electrons. The van der Waals surface area contributed by atoms with Crippen LogP contribution in [0.15, 0.2) is 54.6 Å². The van der Waals surface area contributed by atoms with Crippen molar-refractivity contribution < 1.29 is 0 Å². The van der Waals surface area contributed by atoms with E-state index in [1.165, 1.54) is 11.1 Å². The number of nitrogens with one attached hydrogen (secondary N) is 2. The highest BCUT2D eigenvalue weighted by Crippen LogP contribution is 2.27. The highest BCUT2D eigenvalue weighted by atomic mass is 35.5. The fourth-order valence-electron chi connectivity index (χ4n) is 4.58. The molecule has 156 valence electrons. The maximum Gasteiger partial charge on any atom is 0.137 e. The molecule has 1 saturated heterocycles. The van der Waals surface area contributed by atoms with Crippen LogP contribution < -0.4 is 10.9 Å². The third-order valence-electron chi connectivity index (χ3n) is 6.22. The Morgan fingerprint density at radius 3 is 2.63 bits per heavy atom. The summed E-state index contributed by atoms with van der Waals surface area (Å²) in [6.45, 7) is 5.02. The summed E-state index contributed by atoms with van der Waals surface area (Å²) in [5.74, 6) is 2.69. The number of hydrazine groups is 1. The smallest absolute Gasteiger partial charge is 0.137 e. The van der Waals surface area contributed by atoms with Crippen LogP contribution >= 0.6 is 11.6 Å². The zero-order chi connectivity index (χ0) is 20.3. The molecule has 5 rings (SSSR count). The van der Waals surface area contributed by atoms with Crippen LogP contribution in [-0.4, -0.2) is 45.8 Å². The molecule has 2 atom stereocenters. The number of fused-ring (bicyclic) bond motifs is 1. The van der Waals surface area contributed by atoms with Gasteiger partial charge in [-0.15, -0.1) is 10.2 Å². The van der Waals surface area contributed by atoms with Gasteiger partial charge in [0.15, 0.2) is 0 Å². The lowest BCUT2D eigenvalue weighted by molar-refractivity contribution is 0.229. The van der Waals surface area contributed by atoms with Crippen molar-refractivity contribution in [3.05, 3.63) is 82.4 Å². The highest BCUT2D eigenvalue weighted by Gasteiger charge is 2.30. The summed E-state index contributed by atoms with van der Waals surface area (Å²) in [6, 6.07) is 19.0. The predicted octanol–water partition coefficient (Wildman–Crippen LogP) is 2.85. The Hall–Kier alpha value is -2.25. The van der Waals surface area contributed by atoms with Gasteiger partial charge in [0.2, 0.25) is 0 Å². The molecule has 0 amide bonds. The van der Waals surface area contributed by atoms with Gasteiger partial charge in [0.05, 0.1) is 6.04 Å². The minimum atomic E-state index is 0.304. The van der Waals surface area contributed by atoms with Gasteiger partial charge in [-0.1, -0.05) is 54.1 Å². The van der Waals surface area contributed by atoms with E-state index in [1.807, 2.05) is 12.1 Å². The first-order valence-electron chi connectivity index (χ1n) is 10.7. The molecule has 30 heavy (non-hydrogen) atoms. The van der Waals surface area contributed by atoms with Gasteiger partial charge in [-0.2, -0.15) is 0 Å². The Morgan fingerprint density at radius 2 is 1.80 bits per heavy atom. The molecule has 3 aromatic rings. The quantitative estimate of drug-likeness (QED) is 0.662. The second-order valence-corrected chi connectivity index (χ2v) is 8.65. The van der Waals surface area contributed by atoms with E-state index in [9.17, 15) is 0 Å². The minimum Gasteiger partial charge on any atom is -0.313 e. The molecule has 2 aromatic carbocycles. The predicted molar refractivity (Wildman–Crippen MR) is 118 cm³/mol. The fraction of sp³-hybridized carbons (Fsp3) is 0.391. The van der Waals surface area contributed by atoms with E-state index in [2.05, 4.69) is 73.0 Å². The molecule has 2 unspecified atom stereocenters. The van der Waals surface area contributed by atoms with E-state index in [-0.39, 0.29) is 0 Å². The second kappa shape index (κ2) is 8.86. The zero-order valence-electron chi connectivity index (χ0n) is 17.0. The molecule has 2 N–H and O–H groups in total. The first-order valence-corrected chi connectivity index (χ1v) is 11.0. The standard InChI is InChI=1S/C23H27ClN6/c24-20-8-6-18(7-9-20)23-19(15-25-28-23)16-29-11-10-21-26-27-22(30(21)13-12-29)14-17-4-2-1-3-5-17/h1-9,19,23,25,28H,10-16H2. The van der Waals surface area contributed by atoms with Crippen molar-refractivity contribution in [2.45, 2.75) is 25.4 Å². The normalized spacial score (nSPS) is 22.0. The molecule has 1 fully saturated rings. The summed E-state index contributed by atoms with van der Waals surface area (Å²) in [5.41, 5.74) is 9.37. The van der Waals surface area contributed by atoms with Crippen LogP contribution in [0.3, 0.4) is 0 Å². The largest absolute Gasteiger partial charge is 0.313 e. The zero-order valence-corrected chi connectivity index (χ0v) is 17.7. The van der Waals surface area contributed by atoms with E-state index >= 15 is 0 Å². The van der Waals surface area contributed by atoms with E-state index in [1.54, 1.807) is 0 Å². The second-order valence-electron chi connectivity index (χ2n) is 8.21. The summed E-state index contributed by atoms with van der Waals surface area (Å²) in [7, 11) is 0. The van der Waals surface area contributed by atoms with Crippen LogP contribution in [0.4, 0.5) is 0 Å². The first-order chi connectivity index (χ1) is 14.8. The SMILES string of the molecule is Clc1ccc(C2NNCC2CN2CCc3nnc(Cc4ccccc4)n3CC2)cc1. The Morgan fingerprint density at radius 1 is 0.967 bits per heavy atom. The summed E-state index contributed by atoms with van der Waals surface area (Å²) < 4.78 is 2.33. The van der Waals surface area contributed by atoms with Gasteiger partial charge in [-0.25, -0.2) is 5.43 Å². The lowest BCUT2D eigenvalue weighted by Gasteiger charge is -2.26. The minimum absolute atomic E-state index is 0.304. The van der Waals surface area contributed by atoms with Crippen molar-refractivity contribution in [2.75, 3.05) is 26.2 Å². The van der Waals surface area contributed by atoms with Crippen molar-refractivity contribution >= 4 is 11.6 Å². The number of halogens is 1. The van der Waals surface area contributed by atoms with E-state index in [0.717, 1.165) is 62.2 Å². The number of benzene rings is 2. The van der Waals surface area contributed by atoms with Gasteiger partial charge < -0.3 is 9.47 Å². The molecule has 2 aliphatic heterocycles. The fourth-order valence-corrected chi connectivity index (χ4v) is 4.71. The Bertz CT molecular complexity index is 971. The molecule has 2 aliphatic rings. The molecule has 0 saturated carbocycles. The summed E-state index contributed by atoms with van der Waals surface area (Å²) >= 11 is 6.07. The van der Waals surface area contributed by atoms with Gasteiger partial charge in [-0.3, -0.25) is 5.43 Å². The van der Waals surface area contributed by atoms with Crippen molar-refractivity contribution in [3.63, 3.8) is 0 Å². The average molecular weight is 423 g/mol. The monoisotopic (exact) mass is 422 g/mol. The van der Waals surface area contributed by atoms with Gasteiger partial charge in [0, 0.05) is 56.5 Å². The Kier molecular flexibility index (Phi) is 5.82. The topological polar surface area (TPSA) is 58.0 Å². The van der Waals surface area contributed by atoms with Crippen LogP contribution in [-0.2, 0) is 19.4 Å². The van der Waals surface area contributed by atoms with Crippen LogP contribution in [0.1, 0.15) is 28.8 Å². The first kappa shape index (κ1) is 19.7. The van der Waals surface area contributed by atoms with Crippen molar-refractivity contribution in [2.24, 2.45) is 5.92 Å². The summed E-state index contributed by atoms with van der Waals surface area (Å²) in [4.78, 5) is 2.57. The highest BCUT2D eigenvalue weighted by molar-refractivity contribution is 6.30. The van der Waals surface area contributed by atoms with Crippen molar-refractivity contribution in [1.82, 2.24) is 30.5 Å². The molecule has 3 heterocycles. The third-order valence-corrected chi connectivity index (χ3v) is 6.47. The van der Waals surface area contributed by atoms with Gasteiger partial charge in [0.25, 0.3) is 0 Å². The molecular weight excluding hydrogens is 396 g/mol.